The molecule has 1 N–H and O–H groups in total. The molecule has 140 valence electrons. The molecule has 0 atom stereocenters. The molecule has 0 saturated heterocycles. The van der Waals surface area contributed by atoms with Crippen LogP contribution < -0.4 is 5.32 Å². The number of aryl methyl sites for hydroxylation is 1. The van der Waals surface area contributed by atoms with Gasteiger partial charge < -0.3 is 5.32 Å². The van der Waals surface area contributed by atoms with Crippen molar-refractivity contribution in [2.24, 2.45) is 0 Å². The quantitative estimate of drug-likeness (QED) is 0.621. The first-order chi connectivity index (χ1) is 13.0. The van der Waals surface area contributed by atoms with Gasteiger partial charge in [-0.25, -0.2) is 4.39 Å². The van der Waals surface area contributed by atoms with Crippen molar-refractivity contribution < 1.29 is 9.18 Å². The monoisotopic (exact) mass is 407 g/mol. The van der Waals surface area contributed by atoms with Gasteiger partial charge in [-0.05, 0) is 25.1 Å². The summed E-state index contributed by atoms with van der Waals surface area (Å²) < 4.78 is 17.1. The molecule has 0 aliphatic heterocycles. The van der Waals surface area contributed by atoms with Gasteiger partial charge in [0.15, 0.2) is 5.82 Å². The van der Waals surface area contributed by atoms with E-state index < -0.39 is 11.7 Å². The summed E-state index contributed by atoms with van der Waals surface area (Å²) >= 11 is 12.1. The Morgan fingerprint density at radius 2 is 2.07 bits per heavy atom. The van der Waals surface area contributed by atoms with Gasteiger partial charge in [-0.15, -0.1) is 0 Å². The second-order valence-electron chi connectivity index (χ2n) is 5.68. The Balaban J connectivity index is 1.68. The Morgan fingerprint density at radius 3 is 2.78 bits per heavy atom. The lowest BCUT2D eigenvalue weighted by atomic mass is 10.2. The first-order valence-corrected chi connectivity index (χ1v) is 8.89. The van der Waals surface area contributed by atoms with Gasteiger partial charge in [-0.1, -0.05) is 29.3 Å². The van der Waals surface area contributed by atoms with Crippen LogP contribution in [0.25, 0.3) is 6.08 Å². The standard InChI is InChI=1S/C18H16Cl2FN5O/c1-2-25-9-12(8-22-25)6-7-17(27)23-18-15(20)11-26(24-18)10-13-14(19)4-3-5-16(13)21/h3-9,11H,2,10H2,1H3,(H,23,24,27)/b7-6+. The highest BCUT2D eigenvalue weighted by molar-refractivity contribution is 6.33. The molecule has 3 aromatic rings. The van der Waals surface area contributed by atoms with E-state index in [9.17, 15) is 9.18 Å². The van der Waals surface area contributed by atoms with E-state index >= 15 is 0 Å². The summed E-state index contributed by atoms with van der Waals surface area (Å²) in [6.07, 6.45) is 7.98. The summed E-state index contributed by atoms with van der Waals surface area (Å²) in [7, 11) is 0. The van der Waals surface area contributed by atoms with Crippen molar-refractivity contribution in [2.75, 3.05) is 5.32 Å². The average Bonchev–Trinajstić information content (AvgIpc) is 3.23. The first-order valence-electron chi connectivity index (χ1n) is 8.13. The normalized spacial score (nSPS) is 11.3. The highest BCUT2D eigenvalue weighted by atomic mass is 35.5. The van der Waals surface area contributed by atoms with Crippen LogP contribution in [0.5, 0.6) is 0 Å². The molecule has 0 aliphatic carbocycles. The number of anilines is 1. The van der Waals surface area contributed by atoms with Gasteiger partial charge in [0.25, 0.3) is 0 Å². The lowest BCUT2D eigenvalue weighted by Crippen LogP contribution is -2.10. The number of amides is 1. The number of nitrogens with one attached hydrogen (secondary N) is 1. The molecule has 0 radical (unpaired) electrons. The first kappa shape index (κ1) is 19.1. The maximum atomic E-state index is 13.9. The number of carbonyl (C=O) groups is 1. The SMILES string of the molecule is CCn1cc(/C=C/C(=O)Nc2nn(Cc3c(F)cccc3Cl)cc2Cl)cn1. The van der Waals surface area contributed by atoms with Crippen LogP contribution in [0.1, 0.15) is 18.1 Å². The lowest BCUT2D eigenvalue weighted by molar-refractivity contribution is -0.111. The summed E-state index contributed by atoms with van der Waals surface area (Å²) in [5, 5.41) is 11.4. The summed E-state index contributed by atoms with van der Waals surface area (Å²) in [6.45, 7) is 2.81. The zero-order valence-corrected chi connectivity index (χ0v) is 15.9. The van der Waals surface area contributed by atoms with Crippen molar-refractivity contribution in [3.05, 3.63) is 69.9 Å². The van der Waals surface area contributed by atoms with Crippen molar-refractivity contribution in [2.45, 2.75) is 20.0 Å². The van der Waals surface area contributed by atoms with Crippen LogP contribution >= 0.6 is 23.2 Å². The predicted molar refractivity (Wildman–Crippen MR) is 103 cm³/mol. The van der Waals surface area contributed by atoms with E-state index in [-0.39, 0.29) is 17.4 Å². The minimum Gasteiger partial charge on any atom is -0.304 e. The van der Waals surface area contributed by atoms with Gasteiger partial charge in [0.05, 0.1) is 12.7 Å². The van der Waals surface area contributed by atoms with Crippen LogP contribution in [-0.2, 0) is 17.9 Å². The number of hydrogen-bond acceptors (Lipinski definition) is 3. The third-order valence-corrected chi connectivity index (χ3v) is 4.38. The Hall–Kier alpha value is -2.64. The molecular formula is C18H16Cl2FN5O. The van der Waals surface area contributed by atoms with Crippen LogP contribution in [0.2, 0.25) is 10.0 Å². The van der Waals surface area contributed by atoms with E-state index in [1.807, 2.05) is 13.1 Å². The van der Waals surface area contributed by atoms with E-state index in [4.69, 9.17) is 23.2 Å². The minimum absolute atomic E-state index is 0.0904. The van der Waals surface area contributed by atoms with Crippen molar-refractivity contribution in [3.8, 4) is 0 Å². The topological polar surface area (TPSA) is 64.7 Å². The van der Waals surface area contributed by atoms with Crippen LogP contribution in [0, 0.1) is 5.82 Å². The Bertz CT molecular complexity index is 975. The largest absolute Gasteiger partial charge is 0.304 e. The summed E-state index contributed by atoms with van der Waals surface area (Å²) in [6, 6.07) is 4.44. The molecule has 1 aromatic carbocycles. The fourth-order valence-electron chi connectivity index (χ4n) is 2.38. The lowest BCUT2D eigenvalue weighted by Gasteiger charge is -2.05. The summed E-state index contributed by atoms with van der Waals surface area (Å²) in [5.74, 6) is -0.645. The molecule has 0 saturated carbocycles. The number of rotatable bonds is 6. The highest BCUT2D eigenvalue weighted by Crippen LogP contribution is 2.23. The van der Waals surface area contributed by atoms with E-state index in [2.05, 4.69) is 15.5 Å². The van der Waals surface area contributed by atoms with Gasteiger partial charge in [0.2, 0.25) is 5.91 Å². The fraction of sp³-hybridized carbons (Fsp3) is 0.167. The molecule has 6 nitrogen and oxygen atoms in total. The molecule has 0 fully saturated rings. The number of hydrogen-bond donors (Lipinski definition) is 1. The molecule has 9 heteroatoms. The maximum Gasteiger partial charge on any atom is 0.249 e. The van der Waals surface area contributed by atoms with Crippen molar-refractivity contribution in [3.63, 3.8) is 0 Å². The van der Waals surface area contributed by atoms with E-state index in [1.54, 1.807) is 23.0 Å². The summed E-state index contributed by atoms with van der Waals surface area (Å²) in [5.41, 5.74) is 1.10. The van der Waals surface area contributed by atoms with E-state index in [0.717, 1.165) is 12.1 Å². The number of nitrogens with zero attached hydrogens (tertiary/aromatic N) is 4. The van der Waals surface area contributed by atoms with Gasteiger partial charge in [-0.3, -0.25) is 14.2 Å². The van der Waals surface area contributed by atoms with Gasteiger partial charge in [-0.2, -0.15) is 10.2 Å². The summed E-state index contributed by atoms with van der Waals surface area (Å²) in [4.78, 5) is 12.1. The van der Waals surface area contributed by atoms with Crippen LogP contribution in [0.15, 0.2) is 42.9 Å². The predicted octanol–water partition coefficient (Wildman–Crippen LogP) is 4.25. The second-order valence-corrected chi connectivity index (χ2v) is 6.49. The molecule has 2 heterocycles. The molecule has 0 aliphatic rings. The molecule has 3 rings (SSSR count). The Morgan fingerprint density at radius 1 is 1.26 bits per heavy atom. The smallest absolute Gasteiger partial charge is 0.249 e. The zero-order valence-electron chi connectivity index (χ0n) is 14.4. The third kappa shape index (κ3) is 4.75. The second kappa shape index (κ2) is 8.37. The molecule has 27 heavy (non-hydrogen) atoms. The highest BCUT2D eigenvalue weighted by Gasteiger charge is 2.13. The molecule has 2 aromatic heterocycles. The van der Waals surface area contributed by atoms with Crippen molar-refractivity contribution in [1.29, 1.82) is 0 Å². The average molecular weight is 408 g/mol. The third-order valence-electron chi connectivity index (χ3n) is 3.74. The van der Waals surface area contributed by atoms with Gasteiger partial charge in [0.1, 0.15) is 10.8 Å². The van der Waals surface area contributed by atoms with Crippen LogP contribution in [-0.4, -0.2) is 25.5 Å². The van der Waals surface area contributed by atoms with Crippen molar-refractivity contribution >= 4 is 41.0 Å². The van der Waals surface area contributed by atoms with Crippen LogP contribution in [0.3, 0.4) is 0 Å². The molecule has 0 bridgehead atoms. The Labute approximate surface area is 165 Å². The molecule has 0 unspecified atom stereocenters. The number of benzene rings is 1. The molecule has 1 amide bonds. The number of aromatic nitrogens is 4. The zero-order chi connectivity index (χ0) is 19.4. The molecular weight excluding hydrogens is 392 g/mol. The number of carbonyl (C=O) groups excluding carboxylic acids is 1. The van der Waals surface area contributed by atoms with Crippen molar-refractivity contribution in [1.82, 2.24) is 19.6 Å². The van der Waals surface area contributed by atoms with Gasteiger partial charge in [0, 0.05) is 41.2 Å². The Kier molecular flexibility index (Phi) is 5.93. The molecule has 0 spiro atoms. The minimum atomic E-state index is -0.435. The maximum absolute atomic E-state index is 13.9. The van der Waals surface area contributed by atoms with Crippen LogP contribution in [0.4, 0.5) is 10.2 Å². The number of halogens is 3. The van der Waals surface area contributed by atoms with Gasteiger partial charge >= 0.3 is 0 Å². The van der Waals surface area contributed by atoms with E-state index in [0.29, 0.717) is 10.6 Å². The van der Waals surface area contributed by atoms with E-state index in [1.165, 1.54) is 29.1 Å². The fourth-order valence-corrected chi connectivity index (χ4v) is 2.80.